The van der Waals surface area contributed by atoms with Crippen LogP contribution in [-0.2, 0) is 4.74 Å². The summed E-state index contributed by atoms with van der Waals surface area (Å²) in [6, 6.07) is 0.641. The van der Waals surface area contributed by atoms with Crippen LogP contribution in [0.2, 0.25) is 0 Å². The average molecular weight is 225 g/mol. The van der Waals surface area contributed by atoms with Gasteiger partial charge in [0.15, 0.2) is 0 Å². The third kappa shape index (κ3) is 3.21. The van der Waals surface area contributed by atoms with Crippen molar-refractivity contribution < 1.29 is 4.74 Å². The van der Waals surface area contributed by atoms with Crippen LogP contribution < -0.4 is 5.32 Å². The third-order valence-electron chi connectivity index (χ3n) is 4.15. The van der Waals surface area contributed by atoms with Crippen molar-refractivity contribution in [2.24, 2.45) is 5.92 Å². The molecule has 2 rings (SSSR count). The lowest BCUT2D eigenvalue weighted by atomic mass is 9.81. The molecule has 0 amide bonds. The molecule has 0 spiro atoms. The zero-order valence-electron chi connectivity index (χ0n) is 10.7. The monoisotopic (exact) mass is 225 g/mol. The minimum atomic E-state index is 0.509. The van der Waals surface area contributed by atoms with Gasteiger partial charge in [-0.2, -0.15) is 0 Å². The molecule has 2 atom stereocenters. The molecule has 2 unspecified atom stereocenters. The number of rotatable bonds is 5. The maximum Gasteiger partial charge on any atom is 0.0731 e. The summed E-state index contributed by atoms with van der Waals surface area (Å²) in [6.07, 6.45) is 11.4. The van der Waals surface area contributed by atoms with Crippen LogP contribution in [0.15, 0.2) is 0 Å². The van der Waals surface area contributed by atoms with E-state index in [1.165, 1.54) is 51.4 Å². The summed E-state index contributed by atoms with van der Waals surface area (Å²) in [4.78, 5) is 0. The molecule has 1 aliphatic heterocycles. The van der Waals surface area contributed by atoms with Crippen LogP contribution in [-0.4, -0.2) is 25.3 Å². The third-order valence-corrected chi connectivity index (χ3v) is 4.15. The molecule has 1 saturated heterocycles. The van der Waals surface area contributed by atoms with E-state index in [0.29, 0.717) is 12.1 Å². The summed E-state index contributed by atoms with van der Waals surface area (Å²) >= 11 is 0. The van der Waals surface area contributed by atoms with Gasteiger partial charge in [0, 0.05) is 12.6 Å². The first-order chi connectivity index (χ1) is 7.92. The van der Waals surface area contributed by atoms with E-state index in [1.54, 1.807) is 0 Å². The Labute approximate surface area is 100 Å². The van der Waals surface area contributed by atoms with Crippen molar-refractivity contribution in [2.45, 2.75) is 70.4 Å². The highest BCUT2D eigenvalue weighted by Gasteiger charge is 2.32. The van der Waals surface area contributed by atoms with Gasteiger partial charge < -0.3 is 10.1 Å². The van der Waals surface area contributed by atoms with Crippen molar-refractivity contribution in [3.63, 3.8) is 0 Å². The van der Waals surface area contributed by atoms with Gasteiger partial charge in [0.2, 0.25) is 0 Å². The topological polar surface area (TPSA) is 21.3 Å². The van der Waals surface area contributed by atoms with Gasteiger partial charge in [-0.3, -0.25) is 0 Å². The zero-order valence-corrected chi connectivity index (χ0v) is 10.7. The smallest absolute Gasteiger partial charge is 0.0731 e. The SMILES string of the molecule is CCCNC(C1CCCCC1)C1CCCO1. The maximum atomic E-state index is 5.90. The predicted octanol–water partition coefficient (Wildman–Crippen LogP) is 3.11. The lowest BCUT2D eigenvalue weighted by Gasteiger charge is -2.34. The van der Waals surface area contributed by atoms with E-state index in [1.807, 2.05) is 0 Å². The van der Waals surface area contributed by atoms with Crippen LogP contribution in [0.5, 0.6) is 0 Å². The molecule has 0 radical (unpaired) electrons. The molecule has 2 heteroatoms. The molecule has 0 aromatic rings. The van der Waals surface area contributed by atoms with Gasteiger partial charge in [-0.15, -0.1) is 0 Å². The van der Waals surface area contributed by atoms with Gasteiger partial charge in [0.05, 0.1) is 6.10 Å². The van der Waals surface area contributed by atoms with Gasteiger partial charge in [-0.25, -0.2) is 0 Å². The molecular weight excluding hydrogens is 198 g/mol. The van der Waals surface area contributed by atoms with Crippen molar-refractivity contribution in [2.75, 3.05) is 13.2 Å². The van der Waals surface area contributed by atoms with Crippen LogP contribution in [0, 0.1) is 5.92 Å². The van der Waals surface area contributed by atoms with E-state index in [9.17, 15) is 0 Å². The second-order valence-electron chi connectivity index (χ2n) is 5.43. The average Bonchev–Trinajstić information content (AvgIpc) is 2.85. The number of ether oxygens (including phenoxy) is 1. The van der Waals surface area contributed by atoms with Crippen LogP contribution in [0.4, 0.5) is 0 Å². The Morgan fingerprint density at radius 2 is 1.94 bits per heavy atom. The van der Waals surface area contributed by atoms with Gasteiger partial charge in [0.1, 0.15) is 0 Å². The van der Waals surface area contributed by atoms with E-state index < -0.39 is 0 Å². The summed E-state index contributed by atoms with van der Waals surface area (Å²) in [6.45, 7) is 4.39. The summed E-state index contributed by atoms with van der Waals surface area (Å²) in [5.41, 5.74) is 0. The first-order valence-corrected chi connectivity index (χ1v) is 7.27. The first kappa shape index (κ1) is 12.4. The quantitative estimate of drug-likeness (QED) is 0.776. The molecular formula is C14H27NO. The van der Waals surface area contributed by atoms with Crippen LogP contribution in [0.1, 0.15) is 58.3 Å². The van der Waals surface area contributed by atoms with Crippen molar-refractivity contribution >= 4 is 0 Å². The Kier molecular flexibility index (Phi) is 5.11. The summed E-state index contributed by atoms with van der Waals surface area (Å²) in [5.74, 6) is 0.878. The molecule has 1 N–H and O–H groups in total. The molecule has 0 bridgehead atoms. The molecule has 0 aromatic carbocycles. The first-order valence-electron chi connectivity index (χ1n) is 7.27. The number of nitrogens with one attached hydrogen (secondary N) is 1. The molecule has 2 nitrogen and oxygen atoms in total. The Bertz CT molecular complexity index is 183. The molecule has 2 aliphatic rings. The van der Waals surface area contributed by atoms with Crippen LogP contribution in [0.3, 0.4) is 0 Å². The highest BCUT2D eigenvalue weighted by atomic mass is 16.5. The Balaban J connectivity index is 1.89. The van der Waals surface area contributed by atoms with Crippen molar-refractivity contribution in [3.05, 3.63) is 0 Å². The normalized spacial score (nSPS) is 29.4. The molecule has 16 heavy (non-hydrogen) atoms. The van der Waals surface area contributed by atoms with E-state index in [-0.39, 0.29) is 0 Å². The second-order valence-corrected chi connectivity index (χ2v) is 5.43. The fourth-order valence-electron chi connectivity index (χ4n) is 3.29. The predicted molar refractivity (Wildman–Crippen MR) is 67.6 cm³/mol. The minimum Gasteiger partial charge on any atom is -0.377 e. The Hall–Kier alpha value is -0.0800. The molecule has 0 aromatic heterocycles. The fraction of sp³-hybridized carbons (Fsp3) is 1.00. The summed E-state index contributed by atoms with van der Waals surface area (Å²) in [5, 5.41) is 3.76. The highest BCUT2D eigenvalue weighted by molar-refractivity contribution is 4.87. The summed E-state index contributed by atoms with van der Waals surface area (Å²) in [7, 11) is 0. The van der Waals surface area contributed by atoms with Crippen molar-refractivity contribution in [3.8, 4) is 0 Å². The van der Waals surface area contributed by atoms with Crippen molar-refractivity contribution in [1.29, 1.82) is 0 Å². The van der Waals surface area contributed by atoms with Crippen LogP contribution in [0.25, 0.3) is 0 Å². The Morgan fingerprint density at radius 3 is 2.56 bits per heavy atom. The minimum absolute atomic E-state index is 0.509. The number of hydrogen-bond acceptors (Lipinski definition) is 2. The van der Waals surface area contributed by atoms with E-state index in [0.717, 1.165) is 19.1 Å². The fourth-order valence-corrected chi connectivity index (χ4v) is 3.29. The van der Waals surface area contributed by atoms with Gasteiger partial charge in [-0.1, -0.05) is 26.2 Å². The standard InChI is InChI=1S/C14H27NO/c1-2-10-15-14(13-9-6-11-16-13)12-7-4-3-5-8-12/h12-15H,2-11H2,1H3. The Morgan fingerprint density at radius 1 is 1.12 bits per heavy atom. The van der Waals surface area contributed by atoms with Gasteiger partial charge in [0.25, 0.3) is 0 Å². The van der Waals surface area contributed by atoms with Crippen molar-refractivity contribution in [1.82, 2.24) is 5.32 Å². The van der Waals surface area contributed by atoms with Gasteiger partial charge >= 0.3 is 0 Å². The van der Waals surface area contributed by atoms with E-state index >= 15 is 0 Å². The second kappa shape index (κ2) is 6.61. The summed E-state index contributed by atoms with van der Waals surface area (Å²) < 4.78 is 5.90. The maximum absolute atomic E-state index is 5.90. The molecule has 1 saturated carbocycles. The largest absolute Gasteiger partial charge is 0.377 e. The molecule has 1 aliphatic carbocycles. The molecule has 94 valence electrons. The highest BCUT2D eigenvalue weighted by Crippen LogP contribution is 2.31. The molecule has 2 fully saturated rings. The lowest BCUT2D eigenvalue weighted by Crippen LogP contribution is -2.46. The zero-order chi connectivity index (χ0) is 11.2. The van der Waals surface area contributed by atoms with Gasteiger partial charge in [-0.05, 0) is 44.6 Å². The van der Waals surface area contributed by atoms with E-state index in [4.69, 9.17) is 4.74 Å². The van der Waals surface area contributed by atoms with Crippen LogP contribution >= 0.6 is 0 Å². The number of hydrogen-bond donors (Lipinski definition) is 1. The van der Waals surface area contributed by atoms with E-state index in [2.05, 4.69) is 12.2 Å². The molecule has 1 heterocycles. The lowest BCUT2D eigenvalue weighted by molar-refractivity contribution is 0.0496.